The van der Waals surface area contributed by atoms with Crippen LogP contribution in [0.2, 0.25) is 0 Å². The van der Waals surface area contributed by atoms with Crippen LogP contribution in [-0.2, 0) is 51.2 Å². The number of carbonyl (C=O) groups is 8. The number of phenols is 1. The van der Waals surface area contributed by atoms with Crippen LogP contribution in [-0.4, -0.2) is 111 Å². The monoisotopic (exact) mass is 826 g/mol. The van der Waals surface area contributed by atoms with E-state index in [2.05, 4.69) is 31.9 Å². The van der Waals surface area contributed by atoms with Crippen molar-refractivity contribution in [2.45, 2.75) is 95.0 Å². The van der Waals surface area contributed by atoms with E-state index >= 15 is 0 Å². The Morgan fingerprint density at radius 1 is 0.678 bits per heavy atom. The average molecular weight is 827 g/mol. The highest BCUT2D eigenvalue weighted by Gasteiger charge is 2.35. The number of guanidine groups is 1. The van der Waals surface area contributed by atoms with Gasteiger partial charge in [0.25, 0.3) is 0 Å². The minimum Gasteiger partial charge on any atom is -0.508 e. The Morgan fingerprint density at radius 3 is 1.76 bits per heavy atom. The molecular weight excluding hydrogens is 772 g/mol. The van der Waals surface area contributed by atoms with Crippen molar-refractivity contribution in [3.05, 3.63) is 65.7 Å². The number of hydrogen-bond donors (Lipinski definition) is 13. The van der Waals surface area contributed by atoms with E-state index in [4.69, 9.17) is 27.7 Å². The number of carbonyl (C=O) groups excluding carboxylic acids is 6. The predicted octanol–water partition coefficient (Wildman–Crippen LogP) is -2.33. The summed E-state index contributed by atoms with van der Waals surface area (Å²) in [5.41, 5.74) is 17.5. The van der Waals surface area contributed by atoms with Crippen LogP contribution >= 0.6 is 0 Å². The van der Waals surface area contributed by atoms with Crippen molar-refractivity contribution in [3.63, 3.8) is 0 Å². The van der Waals surface area contributed by atoms with Crippen LogP contribution in [0.4, 0.5) is 0 Å². The summed E-state index contributed by atoms with van der Waals surface area (Å²) in [6.07, 6.45) is -1.41. The second-order valence-electron chi connectivity index (χ2n) is 13.9. The first-order valence-electron chi connectivity index (χ1n) is 18.7. The van der Waals surface area contributed by atoms with Gasteiger partial charge in [-0.25, -0.2) is 4.79 Å². The number of aliphatic carboxylic acids is 2. The Bertz CT molecular complexity index is 1800. The molecule has 0 aromatic heterocycles. The first-order chi connectivity index (χ1) is 27.8. The molecule has 59 heavy (non-hydrogen) atoms. The molecule has 21 heteroatoms. The molecule has 2 aromatic carbocycles. The molecule has 6 amide bonds. The van der Waals surface area contributed by atoms with Gasteiger partial charge in [0.05, 0.1) is 18.9 Å². The number of amides is 6. The Hall–Kier alpha value is -6.77. The van der Waals surface area contributed by atoms with E-state index in [-0.39, 0.29) is 43.9 Å². The van der Waals surface area contributed by atoms with E-state index in [0.717, 1.165) is 0 Å². The summed E-state index contributed by atoms with van der Waals surface area (Å²) in [4.78, 5) is 103. The number of benzene rings is 2. The van der Waals surface area contributed by atoms with Crippen LogP contribution in [0.25, 0.3) is 0 Å². The molecule has 0 bridgehead atoms. The number of aromatic hydroxyl groups is 1. The van der Waals surface area contributed by atoms with E-state index in [0.29, 0.717) is 17.5 Å². The highest BCUT2D eigenvalue weighted by molar-refractivity contribution is 5.98. The van der Waals surface area contributed by atoms with Gasteiger partial charge in [-0.3, -0.25) is 39.0 Å². The van der Waals surface area contributed by atoms with Crippen molar-refractivity contribution in [1.29, 1.82) is 5.41 Å². The van der Waals surface area contributed by atoms with Gasteiger partial charge in [0.15, 0.2) is 5.96 Å². The quantitative estimate of drug-likeness (QED) is 0.0284. The first-order valence-corrected chi connectivity index (χ1v) is 18.7. The lowest BCUT2D eigenvalue weighted by Crippen LogP contribution is -2.61. The molecule has 0 radical (unpaired) electrons. The van der Waals surface area contributed by atoms with Gasteiger partial charge in [-0.05, 0) is 42.0 Å². The van der Waals surface area contributed by atoms with E-state index < -0.39 is 102 Å². The normalized spacial score (nSPS) is 14.4. The smallest absolute Gasteiger partial charge is 0.326 e. The summed E-state index contributed by atoms with van der Waals surface area (Å²) in [7, 11) is 0. The van der Waals surface area contributed by atoms with Gasteiger partial charge in [0, 0.05) is 19.4 Å². The van der Waals surface area contributed by atoms with Crippen molar-refractivity contribution in [2.24, 2.45) is 23.1 Å². The number of phenolic OH excluding ortho intramolecular Hbond substituents is 1. The van der Waals surface area contributed by atoms with Gasteiger partial charge in [-0.2, -0.15) is 0 Å². The van der Waals surface area contributed by atoms with E-state index in [1.807, 2.05) is 0 Å². The van der Waals surface area contributed by atoms with Crippen molar-refractivity contribution in [2.75, 3.05) is 6.54 Å². The van der Waals surface area contributed by atoms with Gasteiger partial charge in [0.1, 0.15) is 36.0 Å². The lowest BCUT2D eigenvalue weighted by molar-refractivity contribution is -0.142. The zero-order chi connectivity index (χ0) is 44.2. The topological polar surface area (TPSA) is 371 Å². The van der Waals surface area contributed by atoms with Gasteiger partial charge in [-0.1, -0.05) is 62.7 Å². The number of hydrogen-bond acceptors (Lipinski definition) is 11. The van der Waals surface area contributed by atoms with E-state index in [9.17, 15) is 48.6 Å². The largest absolute Gasteiger partial charge is 0.508 e. The van der Waals surface area contributed by atoms with Crippen molar-refractivity contribution in [3.8, 4) is 5.75 Å². The fourth-order valence-corrected chi connectivity index (χ4v) is 5.66. The third-order valence-electron chi connectivity index (χ3n) is 9.09. The molecule has 7 atom stereocenters. The summed E-state index contributed by atoms with van der Waals surface area (Å²) in [5.74, 6) is -9.45. The standard InChI is InChI=1S/C38H54N10O11/c1-3-20(2)31(48-32(53)24(39)18-30(51)52)36(57)46-27(19-29(40)50)35(56)45-26(16-21-8-5-4-6-9-21)34(55)44-25(10-7-15-43-38(41)42)33(54)47-28(37(58)59)17-22-11-13-23(49)14-12-22/h4-6,8-9,11-14,20,24-28,31,49H,3,7,10,15-19,39H2,1-2H3,(H2,40,50)(H,44,55)(H,45,56)(H,46,57)(H,47,54)(H,48,53)(H,51,52)(H,58,59)(H4,41,42,43)/t20-,24-,25-,26-,27-,28-,31-/m0/s1. The summed E-state index contributed by atoms with van der Waals surface area (Å²) >= 11 is 0. The van der Waals surface area contributed by atoms with Gasteiger partial charge in [0.2, 0.25) is 35.4 Å². The van der Waals surface area contributed by atoms with Crippen LogP contribution in [0.5, 0.6) is 5.75 Å². The molecule has 0 saturated heterocycles. The summed E-state index contributed by atoms with van der Waals surface area (Å²) in [6.45, 7) is 3.41. The summed E-state index contributed by atoms with van der Waals surface area (Å²) in [6, 6.07) is 5.20. The minimum atomic E-state index is -1.69. The number of carboxylic acid groups (broad SMARTS) is 2. The number of nitrogens with two attached hydrogens (primary N) is 3. The molecule has 2 aromatic rings. The zero-order valence-corrected chi connectivity index (χ0v) is 32.7. The molecule has 0 heterocycles. The number of nitrogens with one attached hydrogen (secondary N) is 7. The zero-order valence-electron chi connectivity index (χ0n) is 32.7. The fraction of sp³-hybridized carbons (Fsp3) is 0.447. The molecule has 0 aliphatic heterocycles. The van der Waals surface area contributed by atoms with Crippen molar-refractivity contribution < 1.29 is 53.7 Å². The summed E-state index contributed by atoms with van der Waals surface area (Å²) in [5, 5.41) is 50.8. The Balaban J connectivity index is 2.42. The van der Waals surface area contributed by atoms with Crippen LogP contribution in [0.3, 0.4) is 0 Å². The van der Waals surface area contributed by atoms with Gasteiger partial charge in [-0.15, -0.1) is 0 Å². The molecule has 0 saturated carbocycles. The molecular formula is C38H54N10O11. The highest BCUT2D eigenvalue weighted by Crippen LogP contribution is 2.13. The van der Waals surface area contributed by atoms with Crippen LogP contribution in [0.1, 0.15) is 57.1 Å². The fourth-order valence-electron chi connectivity index (χ4n) is 5.66. The maximum atomic E-state index is 14.1. The molecule has 0 aliphatic rings. The molecule has 0 fully saturated rings. The highest BCUT2D eigenvalue weighted by atomic mass is 16.4. The van der Waals surface area contributed by atoms with E-state index in [1.165, 1.54) is 24.3 Å². The minimum absolute atomic E-state index is 0.0500. The molecule has 16 N–H and O–H groups in total. The lowest BCUT2D eigenvalue weighted by Gasteiger charge is -2.28. The number of rotatable bonds is 25. The van der Waals surface area contributed by atoms with Crippen LogP contribution < -0.4 is 49.1 Å². The average Bonchev–Trinajstić information content (AvgIpc) is 3.17. The van der Waals surface area contributed by atoms with Gasteiger partial charge < -0.3 is 64.4 Å². The molecule has 322 valence electrons. The van der Waals surface area contributed by atoms with Crippen LogP contribution in [0, 0.1) is 11.3 Å². The maximum absolute atomic E-state index is 14.1. The SMILES string of the molecule is CC[C@H](C)[C@H](NC(=O)[C@@H](N)CC(=O)O)C(=O)N[C@@H](CC(N)=O)C(=O)N[C@@H](Cc1ccccc1)C(=O)N[C@@H](CCCNC(=N)N)C(=O)N[C@@H](Cc1ccc(O)cc1)C(=O)O. The van der Waals surface area contributed by atoms with Gasteiger partial charge >= 0.3 is 11.9 Å². The third-order valence-corrected chi connectivity index (χ3v) is 9.09. The predicted molar refractivity (Wildman–Crippen MR) is 212 cm³/mol. The second kappa shape index (κ2) is 24.1. The summed E-state index contributed by atoms with van der Waals surface area (Å²) < 4.78 is 0. The lowest BCUT2D eigenvalue weighted by atomic mass is 9.97. The Morgan fingerprint density at radius 2 is 1.20 bits per heavy atom. The van der Waals surface area contributed by atoms with E-state index in [1.54, 1.807) is 44.2 Å². The molecule has 0 unspecified atom stereocenters. The van der Waals surface area contributed by atoms with Crippen molar-refractivity contribution in [1.82, 2.24) is 31.9 Å². The Kier molecular flexibility index (Phi) is 19.8. The maximum Gasteiger partial charge on any atom is 0.326 e. The molecule has 0 spiro atoms. The van der Waals surface area contributed by atoms with Crippen molar-refractivity contribution >= 4 is 53.3 Å². The Labute approximate surface area is 340 Å². The second-order valence-corrected chi connectivity index (χ2v) is 13.9. The first kappa shape index (κ1) is 48.4. The molecule has 0 aliphatic carbocycles. The molecule has 2 rings (SSSR count). The number of primary amides is 1. The third kappa shape index (κ3) is 17.5. The number of carboxylic acids is 2. The molecule has 21 nitrogen and oxygen atoms in total. The van der Waals surface area contributed by atoms with Crippen LogP contribution in [0.15, 0.2) is 54.6 Å².